The Balaban J connectivity index is 2.30. The third-order valence-electron chi connectivity index (χ3n) is 4.44. The summed E-state index contributed by atoms with van der Waals surface area (Å²) in [5.74, 6) is 0.632. The smallest absolute Gasteiger partial charge is 0.285 e. The molecule has 2 aromatic rings. The van der Waals surface area contributed by atoms with E-state index in [1.54, 1.807) is 0 Å². The Morgan fingerprint density at radius 2 is 1.71 bits per heavy atom. The van der Waals surface area contributed by atoms with Gasteiger partial charge in [0.1, 0.15) is 5.75 Å². The molecule has 21 heavy (non-hydrogen) atoms. The lowest BCUT2D eigenvalue weighted by atomic mass is 10.0. The number of hydrogen-bond acceptors (Lipinski definition) is 3. The van der Waals surface area contributed by atoms with E-state index in [4.69, 9.17) is 4.52 Å². The Kier molecular flexibility index (Phi) is 3.43. The molecule has 2 aromatic carbocycles. The van der Waals surface area contributed by atoms with Crippen LogP contribution in [0, 0.1) is 0 Å². The van der Waals surface area contributed by atoms with E-state index in [1.807, 2.05) is 62.4 Å². The zero-order valence-corrected chi connectivity index (χ0v) is 13.1. The number of benzene rings is 2. The second-order valence-corrected chi connectivity index (χ2v) is 8.51. The first-order valence-electron chi connectivity index (χ1n) is 7.15. The van der Waals surface area contributed by atoms with Crippen molar-refractivity contribution in [2.75, 3.05) is 6.61 Å². The Hall–Kier alpha value is -1.57. The largest absolute Gasteiger partial charge is 0.439 e. The summed E-state index contributed by atoms with van der Waals surface area (Å²) in [6.45, 7) is 3.60. The molecule has 0 aromatic heterocycles. The van der Waals surface area contributed by atoms with Gasteiger partial charge in [-0.3, -0.25) is 4.57 Å². The standard InChI is InChI=1S/C17H19O3P/c1-3-17(2,12-18)21(19)16-11-7-5-9-14(16)13-8-4-6-10-15(13)20-21/h4-11,18H,3,12H2,1-2H3. The lowest BCUT2D eigenvalue weighted by Gasteiger charge is -2.39. The number of fused-ring (bicyclic) bond motifs is 3. The maximum Gasteiger partial charge on any atom is 0.285 e. The highest BCUT2D eigenvalue weighted by Crippen LogP contribution is 2.63. The summed E-state index contributed by atoms with van der Waals surface area (Å²) in [6.07, 6.45) is 0.581. The fraction of sp³-hybridized carbons (Fsp3) is 0.294. The van der Waals surface area contributed by atoms with Crippen LogP contribution in [0.15, 0.2) is 48.5 Å². The van der Waals surface area contributed by atoms with Crippen LogP contribution in [0.5, 0.6) is 5.75 Å². The molecule has 2 atom stereocenters. The molecule has 4 heteroatoms. The van der Waals surface area contributed by atoms with Crippen LogP contribution in [0.1, 0.15) is 20.3 Å². The maximum atomic E-state index is 13.7. The van der Waals surface area contributed by atoms with Crippen LogP contribution in [-0.2, 0) is 4.57 Å². The number of para-hydroxylation sites is 1. The van der Waals surface area contributed by atoms with Gasteiger partial charge in [0.2, 0.25) is 0 Å². The van der Waals surface area contributed by atoms with Crippen LogP contribution in [0.2, 0.25) is 0 Å². The molecule has 0 saturated carbocycles. The van der Waals surface area contributed by atoms with Gasteiger partial charge in [-0.1, -0.05) is 43.3 Å². The van der Waals surface area contributed by atoms with E-state index in [2.05, 4.69) is 0 Å². The monoisotopic (exact) mass is 302 g/mol. The number of hydrogen-bond donors (Lipinski definition) is 1. The van der Waals surface area contributed by atoms with Crippen LogP contribution in [-0.4, -0.2) is 16.9 Å². The molecule has 1 N–H and O–H groups in total. The van der Waals surface area contributed by atoms with Gasteiger partial charge >= 0.3 is 0 Å². The third-order valence-corrected chi connectivity index (χ3v) is 7.80. The molecule has 0 saturated heterocycles. The minimum atomic E-state index is -3.21. The minimum absolute atomic E-state index is 0.169. The van der Waals surface area contributed by atoms with Gasteiger partial charge in [0.25, 0.3) is 7.37 Å². The predicted molar refractivity (Wildman–Crippen MR) is 85.5 cm³/mol. The van der Waals surface area contributed by atoms with Gasteiger partial charge in [0.05, 0.1) is 17.1 Å². The third kappa shape index (κ3) is 1.96. The van der Waals surface area contributed by atoms with Gasteiger partial charge in [-0.2, -0.15) is 0 Å². The highest BCUT2D eigenvalue weighted by Gasteiger charge is 2.50. The summed E-state index contributed by atoms with van der Waals surface area (Å²) in [7, 11) is -3.21. The second-order valence-electron chi connectivity index (χ2n) is 5.66. The van der Waals surface area contributed by atoms with Crippen molar-refractivity contribution in [1.29, 1.82) is 0 Å². The van der Waals surface area contributed by atoms with E-state index < -0.39 is 12.5 Å². The molecular formula is C17H19O3P. The fourth-order valence-corrected chi connectivity index (χ4v) is 5.46. The van der Waals surface area contributed by atoms with Crippen molar-refractivity contribution in [2.45, 2.75) is 25.4 Å². The van der Waals surface area contributed by atoms with Crippen molar-refractivity contribution in [1.82, 2.24) is 0 Å². The highest BCUT2D eigenvalue weighted by atomic mass is 31.2. The number of aliphatic hydroxyl groups excluding tert-OH is 1. The molecule has 110 valence electrons. The maximum absolute atomic E-state index is 13.7. The van der Waals surface area contributed by atoms with E-state index in [-0.39, 0.29) is 6.61 Å². The van der Waals surface area contributed by atoms with Crippen molar-refractivity contribution in [3.05, 3.63) is 48.5 Å². The van der Waals surface area contributed by atoms with Gasteiger partial charge in [-0.15, -0.1) is 0 Å². The van der Waals surface area contributed by atoms with Crippen molar-refractivity contribution in [2.24, 2.45) is 0 Å². The van der Waals surface area contributed by atoms with E-state index in [1.165, 1.54) is 0 Å². The Morgan fingerprint density at radius 3 is 2.38 bits per heavy atom. The summed E-state index contributed by atoms with van der Waals surface area (Å²) in [5.41, 5.74) is 1.90. The van der Waals surface area contributed by atoms with Crippen LogP contribution >= 0.6 is 7.37 Å². The zero-order chi connectivity index (χ0) is 15.1. The highest BCUT2D eigenvalue weighted by molar-refractivity contribution is 7.69. The lowest BCUT2D eigenvalue weighted by molar-refractivity contribution is 0.238. The van der Waals surface area contributed by atoms with Crippen LogP contribution in [0.3, 0.4) is 0 Å². The normalized spacial score (nSPS) is 22.6. The van der Waals surface area contributed by atoms with E-state index in [0.717, 1.165) is 11.1 Å². The number of aliphatic hydroxyl groups is 1. The molecule has 0 spiro atoms. The van der Waals surface area contributed by atoms with Crippen LogP contribution in [0.4, 0.5) is 0 Å². The van der Waals surface area contributed by atoms with E-state index >= 15 is 0 Å². The average Bonchev–Trinajstić information content (AvgIpc) is 2.54. The van der Waals surface area contributed by atoms with Gasteiger partial charge in [-0.05, 0) is 31.0 Å². The second kappa shape index (κ2) is 5.01. The first-order chi connectivity index (χ1) is 10.1. The Labute approximate surface area is 125 Å². The van der Waals surface area contributed by atoms with Gasteiger partial charge in [-0.25, -0.2) is 0 Å². The van der Waals surface area contributed by atoms with Crippen molar-refractivity contribution in [3.8, 4) is 16.9 Å². The number of rotatable bonds is 3. The van der Waals surface area contributed by atoms with Crippen LogP contribution < -0.4 is 9.83 Å². The van der Waals surface area contributed by atoms with Gasteiger partial charge < -0.3 is 9.63 Å². The quantitative estimate of drug-likeness (QED) is 0.877. The molecule has 1 heterocycles. The first kappa shape index (κ1) is 14.4. The molecule has 3 rings (SSSR count). The molecular weight excluding hydrogens is 283 g/mol. The molecule has 0 bridgehead atoms. The summed E-state index contributed by atoms with van der Waals surface area (Å²) in [4.78, 5) is 0. The summed E-state index contributed by atoms with van der Waals surface area (Å²) >= 11 is 0. The van der Waals surface area contributed by atoms with Crippen molar-refractivity contribution in [3.63, 3.8) is 0 Å². The first-order valence-corrected chi connectivity index (χ1v) is 8.78. The Morgan fingerprint density at radius 1 is 1.10 bits per heavy atom. The summed E-state index contributed by atoms with van der Waals surface area (Å²) < 4.78 is 19.7. The van der Waals surface area contributed by atoms with E-state index in [9.17, 15) is 9.67 Å². The van der Waals surface area contributed by atoms with Crippen molar-refractivity contribution >= 4 is 12.7 Å². The molecule has 0 radical (unpaired) electrons. The predicted octanol–water partition coefficient (Wildman–Crippen LogP) is 3.81. The van der Waals surface area contributed by atoms with E-state index in [0.29, 0.717) is 17.5 Å². The minimum Gasteiger partial charge on any atom is -0.439 e. The average molecular weight is 302 g/mol. The zero-order valence-electron chi connectivity index (χ0n) is 12.2. The Bertz CT molecular complexity index is 719. The molecule has 1 aliphatic rings. The molecule has 2 unspecified atom stereocenters. The van der Waals surface area contributed by atoms with Crippen LogP contribution in [0.25, 0.3) is 11.1 Å². The summed E-state index contributed by atoms with van der Waals surface area (Å²) in [5, 5.41) is 9.75. The van der Waals surface area contributed by atoms with Gasteiger partial charge in [0.15, 0.2) is 0 Å². The fourth-order valence-electron chi connectivity index (χ4n) is 2.73. The molecule has 1 aliphatic heterocycles. The molecule has 0 aliphatic carbocycles. The van der Waals surface area contributed by atoms with Gasteiger partial charge in [0, 0.05) is 5.56 Å². The molecule has 0 fully saturated rings. The molecule has 0 amide bonds. The SMILES string of the molecule is CCC(C)(CO)P1(=O)Oc2ccccc2-c2ccccc21. The lowest BCUT2D eigenvalue weighted by Crippen LogP contribution is -2.37. The molecule has 3 nitrogen and oxygen atoms in total. The topological polar surface area (TPSA) is 46.5 Å². The summed E-state index contributed by atoms with van der Waals surface area (Å²) in [6, 6.07) is 15.3. The van der Waals surface area contributed by atoms with Crippen molar-refractivity contribution < 1.29 is 14.2 Å².